The number of nitrogens with zero attached hydrogens (tertiary/aromatic N) is 6. The Hall–Kier alpha value is -4.31. The molecule has 156 valence electrons. The molecule has 0 spiro atoms. The second kappa shape index (κ2) is 7.13. The second-order valence-electron chi connectivity index (χ2n) is 8.28. The van der Waals surface area contributed by atoms with Crippen LogP contribution in [-0.4, -0.2) is 24.1 Å². The summed E-state index contributed by atoms with van der Waals surface area (Å²) in [5.41, 5.74) is 4.66. The summed E-state index contributed by atoms with van der Waals surface area (Å²) in [6.45, 7) is 3.64. The first kappa shape index (κ1) is 19.6. The SMILES string of the molecule is Cn1c(=O)n(-c2ccc(C(C)(C)C#N)nc2)c2c3cc(-c4cccnc4)ccc3ncc21. The Labute approximate surface area is 184 Å². The molecule has 0 radical (unpaired) electrons. The zero-order valence-electron chi connectivity index (χ0n) is 17.9. The molecular formula is C25H20N6O. The van der Waals surface area contributed by atoms with Crippen molar-refractivity contribution < 1.29 is 0 Å². The fourth-order valence-corrected chi connectivity index (χ4v) is 3.90. The summed E-state index contributed by atoms with van der Waals surface area (Å²) in [7, 11) is 1.74. The Morgan fingerprint density at radius 2 is 1.84 bits per heavy atom. The van der Waals surface area contributed by atoms with Crippen LogP contribution in [0.3, 0.4) is 0 Å². The Bertz CT molecular complexity index is 1570. The van der Waals surface area contributed by atoms with Crippen LogP contribution in [0.5, 0.6) is 0 Å². The molecule has 0 fully saturated rings. The lowest BCUT2D eigenvalue weighted by Crippen LogP contribution is -2.21. The largest absolute Gasteiger partial charge is 0.333 e. The lowest BCUT2D eigenvalue weighted by atomic mass is 9.91. The monoisotopic (exact) mass is 420 g/mol. The lowest BCUT2D eigenvalue weighted by molar-refractivity contribution is 0.658. The number of aryl methyl sites for hydroxylation is 1. The van der Waals surface area contributed by atoms with E-state index >= 15 is 0 Å². The van der Waals surface area contributed by atoms with E-state index in [1.165, 1.54) is 0 Å². The summed E-state index contributed by atoms with van der Waals surface area (Å²) in [5, 5.41) is 10.3. The quantitative estimate of drug-likeness (QED) is 0.438. The molecule has 0 aliphatic rings. The summed E-state index contributed by atoms with van der Waals surface area (Å²) in [4.78, 5) is 26.5. The summed E-state index contributed by atoms with van der Waals surface area (Å²) < 4.78 is 3.24. The van der Waals surface area contributed by atoms with Gasteiger partial charge in [0.15, 0.2) is 0 Å². The normalized spacial score (nSPS) is 11.7. The van der Waals surface area contributed by atoms with E-state index in [2.05, 4.69) is 21.0 Å². The highest BCUT2D eigenvalue weighted by molar-refractivity contribution is 6.04. The molecule has 0 bridgehead atoms. The third-order valence-electron chi connectivity index (χ3n) is 5.80. The summed E-state index contributed by atoms with van der Waals surface area (Å²) in [5.74, 6) is 0. The number of nitriles is 1. The van der Waals surface area contributed by atoms with Crippen LogP contribution in [0.15, 0.2) is 72.0 Å². The summed E-state index contributed by atoms with van der Waals surface area (Å²) in [6, 6.07) is 15.8. The highest BCUT2D eigenvalue weighted by Crippen LogP contribution is 2.30. The first-order valence-corrected chi connectivity index (χ1v) is 10.2. The number of hydrogen-bond acceptors (Lipinski definition) is 5. The van der Waals surface area contributed by atoms with Gasteiger partial charge in [-0.3, -0.25) is 24.1 Å². The van der Waals surface area contributed by atoms with E-state index in [-0.39, 0.29) is 5.69 Å². The zero-order chi connectivity index (χ0) is 22.5. The van der Waals surface area contributed by atoms with Crippen molar-refractivity contribution in [2.24, 2.45) is 7.05 Å². The molecule has 5 aromatic rings. The molecule has 0 aliphatic heterocycles. The number of imidazole rings is 1. The zero-order valence-corrected chi connectivity index (χ0v) is 17.9. The van der Waals surface area contributed by atoms with E-state index in [9.17, 15) is 10.1 Å². The van der Waals surface area contributed by atoms with Gasteiger partial charge in [-0.05, 0) is 49.7 Å². The number of aromatic nitrogens is 5. The van der Waals surface area contributed by atoms with Crippen LogP contribution in [-0.2, 0) is 12.5 Å². The maximum atomic E-state index is 13.2. The maximum Gasteiger partial charge on any atom is 0.333 e. The van der Waals surface area contributed by atoms with Gasteiger partial charge >= 0.3 is 5.69 Å². The van der Waals surface area contributed by atoms with Crippen molar-refractivity contribution in [2.75, 3.05) is 0 Å². The van der Waals surface area contributed by atoms with Gasteiger partial charge in [-0.1, -0.05) is 12.1 Å². The number of fused-ring (bicyclic) bond motifs is 3. The van der Waals surface area contributed by atoms with Crippen LogP contribution in [0.25, 0.3) is 38.8 Å². The van der Waals surface area contributed by atoms with E-state index in [1.807, 2.05) is 56.4 Å². The molecule has 0 unspecified atom stereocenters. The molecule has 4 aromatic heterocycles. The van der Waals surface area contributed by atoms with E-state index in [0.29, 0.717) is 11.4 Å². The molecule has 0 saturated heterocycles. The van der Waals surface area contributed by atoms with Gasteiger partial charge in [0.25, 0.3) is 0 Å². The molecule has 1 aromatic carbocycles. The van der Waals surface area contributed by atoms with E-state index < -0.39 is 5.41 Å². The van der Waals surface area contributed by atoms with Crippen LogP contribution in [0.2, 0.25) is 0 Å². The number of hydrogen-bond donors (Lipinski definition) is 0. The predicted molar refractivity (Wildman–Crippen MR) is 123 cm³/mol. The van der Waals surface area contributed by atoms with Crippen LogP contribution in [0.4, 0.5) is 0 Å². The maximum absolute atomic E-state index is 13.2. The molecule has 0 amide bonds. The third kappa shape index (κ3) is 2.96. The smallest absolute Gasteiger partial charge is 0.293 e. The van der Waals surface area contributed by atoms with Crippen molar-refractivity contribution in [1.82, 2.24) is 24.1 Å². The Morgan fingerprint density at radius 1 is 1.00 bits per heavy atom. The van der Waals surface area contributed by atoms with Crippen LogP contribution >= 0.6 is 0 Å². The molecule has 4 heterocycles. The van der Waals surface area contributed by atoms with Crippen molar-refractivity contribution in [2.45, 2.75) is 19.3 Å². The van der Waals surface area contributed by atoms with Crippen LogP contribution in [0, 0.1) is 11.3 Å². The van der Waals surface area contributed by atoms with Gasteiger partial charge in [-0.2, -0.15) is 5.26 Å². The minimum absolute atomic E-state index is 0.185. The average Bonchev–Trinajstić information content (AvgIpc) is 3.09. The summed E-state index contributed by atoms with van der Waals surface area (Å²) >= 11 is 0. The van der Waals surface area contributed by atoms with Gasteiger partial charge in [-0.15, -0.1) is 0 Å². The minimum Gasteiger partial charge on any atom is -0.293 e. The van der Waals surface area contributed by atoms with Crippen molar-refractivity contribution in [3.8, 4) is 22.9 Å². The van der Waals surface area contributed by atoms with Crippen molar-refractivity contribution in [1.29, 1.82) is 5.26 Å². The molecule has 0 N–H and O–H groups in total. The highest BCUT2D eigenvalue weighted by Gasteiger charge is 2.22. The molecule has 0 aliphatic carbocycles. The summed E-state index contributed by atoms with van der Waals surface area (Å²) in [6.07, 6.45) is 6.92. The Balaban J connectivity index is 1.79. The molecule has 0 saturated carbocycles. The molecule has 5 rings (SSSR count). The van der Waals surface area contributed by atoms with Crippen LogP contribution in [0.1, 0.15) is 19.5 Å². The van der Waals surface area contributed by atoms with Crippen LogP contribution < -0.4 is 5.69 Å². The van der Waals surface area contributed by atoms with E-state index in [1.54, 1.807) is 40.8 Å². The highest BCUT2D eigenvalue weighted by atomic mass is 16.1. The fraction of sp³-hybridized carbons (Fsp3) is 0.160. The van der Waals surface area contributed by atoms with Crippen molar-refractivity contribution >= 4 is 21.9 Å². The third-order valence-corrected chi connectivity index (χ3v) is 5.80. The minimum atomic E-state index is -0.711. The van der Waals surface area contributed by atoms with Gasteiger partial charge < -0.3 is 0 Å². The molecule has 7 nitrogen and oxygen atoms in total. The Kier molecular flexibility index (Phi) is 4.38. The standard InChI is InChI=1S/C25H20N6O/c1-25(2,15-26)22-9-7-18(13-29-22)31-23-19-11-16(17-5-4-10-27-12-17)6-8-20(19)28-14-21(23)30(3)24(31)32/h4-14H,1-3H3. The molecule has 0 atom stereocenters. The second-order valence-corrected chi connectivity index (χ2v) is 8.28. The molecular weight excluding hydrogens is 400 g/mol. The molecule has 32 heavy (non-hydrogen) atoms. The first-order valence-electron chi connectivity index (χ1n) is 10.2. The Morgan fingerprint density at radius 3 is 2.53 bits per heavy atom. The van der Waals surface area contributed by atoms with Crippen molar-refractivity contribution in [3.63, 3.8) is 0 Å². The van der Waals surface area contributed by atoms with Gasteiger partial charge in [0.2, 0.25) is 0 Å². The predicted octanol–water partition coefficient (Wildman–Crippen LogP) is 4.14. The number of rotatable bonds is 3. The van der Waals surface area contributed by atoms with Gasteiger partial charge in [0, 0.05) is 30.4 Å². The number of pyridine rings is 3. The first-order chi connectivity index (χ1) is 15.4. The van der Waals surface area contributed by atoms with E-state index in [0.717, 1.165) is 33.1 Å². The fourth-order valence-electron chi connectivity index (χ4n) is 3.90. The number of benzene rings is 1. The van der Waals surface area contributed by atoms with Crippen molar-refractivity contribution in [3.05, 3.63) is 83.4 Å². The van der Waals surface area contributed by atoms with Gasteiger partial charge in [-0.25, -0.2) is 4.79 Å². The van der Waals surface area contributed by atoms with Gasteiger partial charge in [0.05, 0.1) is 51.8 Å². The lowest BCUT2D eigenvalue weighted by Gasteiger charge is -2.15. The van der Waals surface area contributed by atoms with Gasteiger partial charge in [0.1, 0.15) is 0 Å². The average molecular weight is 420 g/mol. The van der Waals surface area contributed by atoms with E-state index in [4.69, 9.17) is 0 Å². The molecule has 7 heteroatoms. The topological polar surface area (TPSA) is 89.4 Å².